The maximum Gasteiger partial charge on any atom is 0.411 e. The number of carboxylic acid groups (broad SMARTS) is 2. The molecule has 2 aromatic carbocycles. The van der Waals surface area contributed by atoms with E-state index in [-0.39, 0.29) is 11.1 Å². The minimum Gasteiger partial charge on any atom is -0.478 e. The molecule has 0 fully saturated rings. The zero-order valence-electron chi connectivity index (χ0n) is 29.7. The highest BCUT2D eigenvalue weighted by Gasteiger charge is 2.74. The van der Waals surface area contributed by atoms with Gasteiger partial charge in [0.25, 0.3) is 0 Å². The Morgan fingerprint density at radius 2 is 0.843 bits per heavy atom. The minimum absolute atomic E-state index is 0.0745. The standard InChI is InChI=1S/C41H50F6O4/c1-3-5-7-9-11-13-15-17-19-21-23-31-25-27-35(33(29-31)37(48)49)39(40(42,43)44,41(45,46)47)36-28-26-32(30-34(36)38(50)51)24-22-20-18-16-14-12-10-8-6-4-2/h25-30H,3-20H2,1-2H3,(H,48,49)(H,50,51). The molecule has 0 atom stereocenters. The first-order valence-electron chi connectivity index (χ1n) is 18.1. The van der Waals surface area contributed by atoms with Crippen LogP contribution in [-0.4, -0.2) is 34.5 Å². The minimum atomic E-state index is -6.20. The summed E-state index contributed by atoms with van der Waals surface area (Å²) in [6, 6.07) is 4.04. The van der Waals surface area contributed by atoms with Gasteiger partial charge in [-0.1, -0.05) is 140 Å². The van der Waals surface area contributed by atoms with Crippen molar-refractivity contribution < 1.29 is 46.1 Å². The third-order valence-electron chi connectivity index (χ3n) is 8.93. The van der Waals surface area contributed by atoms with Gasteiger partial charge in [0.15, 0.2) is 0 Å². The Labute approximate surface area is 298 Å². The number of benzene rings is 2. The Morgan fingerprint density at radius 1 is 0.529 bits per heavy atom. The van der Waals surface area contributed by atoms with Crippen LogP contribution in [0.1, 0.15) is 172 Å². The number of hydrogen-bond acceptors (Lipinski definition) is 2. The van der Waals surface area contributed by atoms with Crippen molar-refractivity contribution >= 4 is 11.9 Å². The topological polar surface area (TPSA) is 74.6 Å². The summed E-state index contributed by atoms with van der Waals surface area (Å²) in [5, 5.41) is 19.8. The van der Waals surface area contributed by atoms with Crippen LogP contribution in [0.3, 0.4) is 0 Å². The Hall–Kier alpha value is -3.92. The smallest absolute Gasteiger partial charge is 0.411 e. The van der Waals surface area contributed by atoms with E-state index in [0.29, 0.717) is 37.1 Å². The van der Waals surface area contributed by atoms with E-state index in [1.165, 1.54) is 25.7 Å². The molecule has 2 aromatic rings. The molecular weight excluding hydrogens is 670 g/mol. The van der Waals surface area contributed by atoms with E-state index in [1.54, 1.807) is 0 Å². The highest BCUT2D eigenvalue weighted by Crippen LogP contribution is 2.57. The number of rotatable bonds is 20. The average molecular weight is 721 g/mol. The van der Waals surface area contributed by atoms with E-state index in [1.807, 2.05) is 0 Å². The van der Waals surface area contributed by atoms with Crippen molar-refractivity contribution in [3.05, 3.63) is 69.8 Å². The molecule has 0 amide bonds. The predicted molar refractivity (Wildman–Crippen MR) is 188 cm³/mol. The molecule has 10 heteroatoms. The zero-order valence-corrected chi connectivity index (χ0v) is 29.7. The fourth-order valence-corrected chi connectivity index (χ4v) is 6.19. The molecule has 0 aromatic heterocycles. The van der Waals surface area contributed by atoms with Crippen molar-refractivity contribution in [2.24, 2.45) is 0 Å². The molecule has 0 radical (unpaired) electrons. The van der Waals surface area contributed by atoms with Gasteiger partial charge in [-0.2, -0.15) is 26.3 Å². The van der Waals surface area contributed by atoms with Crippen LogP contribution in [-0.2, 0) is 5.41 Å². The van der Waals surface area contributed by atoms with Crippen LogP contribution in [0.15, 0.2) is 36.4 Å². The van der Waals surface area contributed by atoms with Crippen LogP contribution >= 0.6 is 0 Å². The van der Waals surface area contributed by atoms with Gasteiger partial charge in [0, 0.05) is 24.0 Å². The molecule has 51 heavy (non-hydrogen) atoms. The molecule has 0 spiro atoms. The second kappa shape index (κ2) is 21.4. The van der Waals surface area contributed by atoms with Crippen molar-refractivity contribution in [3.63, 3.8) is 0 Å². The summed E-state index contributed by atoms with van der Waals surface area (Å²) in [5.41, 5.74) is -11.0. The average Bonchev–Trinajstić information content (AvgIpc) is 3.06. The van der Waals surface area contributed by atoms with Gasteiger partial charge in [-0.05, 0) is 48.2 Å². The van der Waals surface area contributed by atoms with E-state index in [2.05, 4.69) is 37.5 Å². The summed E-state index contributed by atoms with van der Waals surface area (Å²) in [6.45, 7) is 4.27. The number of alkyl halides is 6. The van der Waals surface area contributed by atoms with Gasteiger partial charge in [-0.3, -0.25) is 0 Å². The Morgan fingerprint density at radius 3 is 1.14 bits per heavy atom. The lowest BCUT2D eigenvalue weighted by Crippen LogP contribution is -2.56. The molecule has 2 N–H and O–H groups in total. The second-order valence-corrected chi connectivity index (χ2v) is 12.9. The molecule has 0 bridgehead atoms. The summed E-state index contributed by atoms with van der Waals surface area (Å²) in [4.78, 5) is 24.6. The van der Waals surface area contributed by atoms with E-state index in [4.69, 9.17) is 0 Å². The monoisotopic (exact) mass is 720 g/mol. The van der Waals surface area contributed by atoms with Gasteiger partial charge in [0.2, 0.25) is 5.41 Å². The molecule has 2 rings (SSSR count). The SMILES string of the molecule is CCCCCCCCCCC#Cc1ccc(C(c2ccc(C#CCCCCCCCCCC)cc2C(=O)O)(C(F)(F)F)C(F)(F)F)c(C(=O)O)c1. The molecule has 0 saturated heterocycles. The van der Waals surface area contributed by atoms with E-state index in [9.17, 15) is 19.8 Å². The first-order chi connectivity index (χ1) is 24.2. The number of aromatic carboxylic acids is 2. The molecule has 280 valence electrons. The first kappa shape index (κ1) is 43.2. The lowest BCUT2D eigenvalue weighted by molar-refractivity contribution is -0.288. The predicted octanol–water partition coefficient (Wildman–Crippen LogP) is 12.3. The van der Waals surface area contributed by atoms with Gasteiger partial charge in [0.05, 0.1) is 11.1 Å². The van der Waals surface area contributed by atoms with Crippen LogP contribution in [0.2, 0.25) is 0 Å². The van der Waals surface area contributed by atoms with E-state index in [0.717, 1.165) is 89.2 Å². The summed E-state index contributed by atoms with van der Waals surface area (Å²) in [5.74, 6) is 6.85. The Kier molecular flexibility index (Phi) is 18.2. The molecule has 0 saturated carbocycles. The number of unbranched alkanes of at least 4 members (excludes halogenated alkanes) is 16. The van der Waals surface area contributed by atoms with E-state index >= 15 is 26.3 Å². The maximum atomic E-state index is 15.0. The van der Waals surface area contributed by atoms with Crippen LogP contribution in [0.4, 0.5) is 26.3 Å². The molecular formula is C41H50F6O4. The quantitative estimate of drug-likeness (QED) is 0.0811. The molecule has 0 heterocycles. The lowest BCUT2D eigenvalue weighted by atomic mass is 9.69. The van der Waals surface area contributed by atoms with Gasteiger partial charge < -0.3 is 10.2 Å². The lowest BCUT2D eigenvalue weighted by Gasteiger charge is -2.39. The first-order valence-corrected chi connectivity index (χ1v) is 18.1. The Bertz CT molecular complexity index is 1420. The molecule has 0 aliphatic heterocycles. The van der Waals surface area contributed by atoms with Gasteiger partial charge in [0.1, 0.15) is 0 Å². The fraction of sp³-hybridized carbons (Fsp3) is 0.561. The van der Waals surface area contributed by atoms with E-state index < -0.39 is 52.0 Å². The maximum absolute atomic E-state index is 15.0. The summed E-state index contributed by atoms with van der Waals surface area (Å²) >= 11 is 0. The highest BCUT2D eigenvalue weighted by molar-refractivity contribution is 5.93. The second-order valence-electron chi connectivity index (χ2n) is 12.9. The number of hydrogen-bond donors (Lipinski definition) is 2. The van der Waals surface area contributed by atoms with Crippen LogP contribution in [0, 0.1) is 23.7 Å². The van der Waals surface area contributed by atoms with Crippen molar-refractivity contribution in [3.8, 4) is 23.7 Å². The zero-order chi connectivity index (χ0) is 37.9. The largest absolute Gasteiger partial charge is 0.478 e. The fourth-order valence-electron chi connectivity index (χ4n) is 6.19. The third kappa shape index (κ3) is 12.7. The van der Waals surface area contributed by atoms with Gasteiger partial charge in [-0.25, -0.2) is 9.59 Å². The van der Waals surface area contributed by atoms with Crippen molar-refractivity contribution in [1.29, 1.82) is 0 Å². The van der Waals surface area contributed by atoms with Crippen molar-refractivity contribution in [2.75, 3.05) is 0 Å². The van der Waals surface area contributed by atoms with Crippen LogP contribution in [0.25, 0.3) is 0 Å². The van der Waals surface area contributed by atoms with Crippen LogP contribution in [0.5, 0.6) is 0 Å². The normalized spacial score (nSPS) is 11.8. The third-order valence-corrected chi connectivity index (χ3v) is 8.93. The highest BCUT2D eigenvalue weighted by atomic mass is 19.4. The molecule has 0 unspecified atom stereocenters. The van der Waals surface area contributed by atoms with Gasteiger partial charge >= 0.3 is 24.3 Å². The number of carboxylic acids is 2. The van der Waals surface area contributed by atoms with Crippen LogP contribution < -0.4 is 0 Å². The molecule has 4 nitrogen and oxygen atoms in total. The van der Waals surface area contributed by atoms with Crippen molar-refractivity contribution in [2.45, 2.75) is 147 Å². The Balaban J connectivity index is 2.44. The number of carbonyl (C=O) groups is 2. The van der Waals surface area contributed by atoms with Gasteiger partial charge in [-0.15, -0.1) is 0 Å². The summed E-state index contributed by atoms with van der Waals surface area (Å²) < 4.78 is 90.3. The van der Waals surface area contributed by atoms with Crippen molar-refractivity contribution in [1.82, 2.24) is 0 Å². The number of halogens is 6. The molecule has 0 aliphatic carbocycles. The summed E-state index contributed by atoms with van der Waals surface area (Å²) in [6.07, 6.45) is 5.31. The summed E-state index contributed by atoms with van der Waals surface area (Å²) in [7, 11) is 0. The molecule has 0 aliphatic rings.